The van der Waals surface area contributed by atoms with Gasteiger partial charge in [-0.1, -0.05) is 13.8 Å². The van der Waals surface area contributed by atoms with Gasteiger partial charge in [0.25, 0.3) is 0 Å². The smallest absolute Gasteiger partial charge is 0.326 e. The molecule has 11 nitrogen and oxygen atoms in total. The van der Waals surface area contributed by atoms with Gasteiger partial charge < -0.3 is 31.9 Å². The van der Waals surface area contributed by atoms with Crippen LogP contribution in [0.3, 0.4) is 0 Å². The number of carbonyl (C=O) groups excluding carboxylic acids is 3. The van der Waals surface area contributed by atoms with Crippen LogP contribution in [0.15, 0.2) is 0 Å². The van der Waals surface area contributed by atoms with Crippen LogP contribution in [0.5, 0.6) is 0 Å². The fourth-order valence-electron chi connectivity index (χ4n) is 1.85. The van der Waals surface area contributed by atoms with Crippen molar-refractivity contribution in [1.82, 2.24) is 16.0 Å². The standard InChI is InChI=1S/C15H26N4O7/c1-7(2)12(15(25)26)19-10(20)6-17-13(23)8(3)18-14(24)9(16)4-5-11(21)22/h7-9,12H,4-6,16H2,1-3H3,(H,17,23)(H,18,24)(H,19,20)(H,21,22)(H,25,26). The summed E-state index contributed by atoms with van der Waals surface area (Å²) >= 11 is 0. The zero-order valence-electron chi connectivity index (χ0n) is 14.9. The maximum Gasteiger partial charge on any atom is 0.326 e. The zero-order chi connectivity index (χ0) is 20.4. The molecule has 3 atom stereocenters. The van der Waals surface area contributed by atoms with E-state index >= 15 is 0 Å². The number of carbonyl (C=O) groups is 5. The van der Waals surface area contributed by atoms with Crippen LogP contribution in [0.4, 0.5) is 0 Å². The second-order valence-corrected chi connectivity index (χ2v) is 6.11. The van der Waals surface area contributed by atoms with E-state index in [9.17, 15) is 24.0 Å². The van der Waals surface area contributed by atoms with Crippen molar-refractivity contribution in [3.63, 3.8) is 0 Å². The van der Waals surface area contributed by atoms with Crippen LogP contribution in [0.25, 0.3) is 0 Å². The number of hydrogen-bond acceptors (Lipinski definition) is 6. The van der Waals surface area contributed by atoms with Gasteiger partial charge >= 0.3 is 11.9 Å². The van der Waals surface area contributed by atoms with E-state index in [1.54, 1.807) is 13.8 Å². The molecule has 3 unspecified atom stereocenters. The molecule has 0 aliphatic carbocycles. The average Bonchev–Trinajstić information content (AvgIpc) is 2.54. The SMILES string of the molecule is CC(NC(=O)C(N)CCC(=O)O)C(=O)NCC(=O)NC(C(=O)O)C(C)C. The summed E-state index contributed by atoms with van der Waals surface area (Å²) in [5.41, 5.74) is 5.52. The number of rotatable bonds is 11. The monoisotopic (exact) mass is 374 g/mol. The van der Waals surface area contributed by atoms with Crippen LogP contribution in [0, 0.1) is 5.92 Å². The Bertz CT molecular complexity index is 550. The van der Waals surface area contributed by atoms with Crippen molar-refractivity contribution in [1.29, 1.82) is 0 Å². The summed E-state index contributed by atoms with van der Waals surface area (Å²) in [5.74, 6) is -4.66. The molecule has 0 spiro atoms. The molecule has 148 valence electrons. The molecular formula is C15H26N4O7. The van der Waals surface area contributed by atoms with Crippen molar-refractivity contribution in [3.8, 4) is 0 Å². The lowest BCUT2D eigenvalue weighted by Crippen LogP contribution is -2.52. The molecule has 0 aliphatic rings. The highest BCUT2D eigenvalue weighted by Crippen LogP contribution is 2.01. The molecule has 0 bridgehead atoms. The second-order valence-electron chi connectivity index (χ2n) is 6.11. The summed E-state index contributed by atoms with van der Waals surface area (Å²) in [4.78, 5) is 56.8. The quantitative estimate of drug-likeness (QED) is 0.240. The minimum absolute atomic E-state index is 0.0797. The molecular weight excluding hydrogens is 348 g/mol. The molecule has 0 rings (SSSR count). The van der Waals surface area contributed by atoms with E-state index in [4.69, 9.17) is 15.9 Å². The first-order valence-electron chi connectivity index (χ1n) is 8.03. The van der Waals surface area contributed by atoms with Crippen molar-refractivity contribution >= 4 is 29.7 Å². The molecule has 0 aromatic heterocycles. The first kappa shape index (κ1) is 23.3. The van der Waals surface area contributed by atoms with Gasteiger partial charge in [0.15, 0.2) is 0 Å². The van der Waals surface area contributed by atoms with Gasteiger partial charge in [-0.25, -0.2) is 4.79 Å². The van der Waals surface area contributed by atoms with Crippen molar-refractivity contribution in [2.24, 2.45) is 11.7 Å². The third-order valence-electron chi connectivity index (χ3n) is 3.43. The van der Waals surface area contributed by atoms with Crippen LogP contribution in [-0.2, 0) is 24.0 Å². The lowest BCUT2D eigenvalue weighted by molar-refractivity contribution is -0.143. The molecule has 0 heterocycles. The number of hydrogen-bond donors (Lipinski definition) is 6. The molecule has 3 amide bonds. The van der Waals surface area contributed by atoms with Crippen LogP contribution in [0.1, 0.15) is 33.6 Å². The summed E-state index contributed by atoms with van der Waals surface area (Å²) in [7, 11) is 0. The highest BCUT2D eigenvalue weighted by atomic mass is 16.4. The molecule has 11 heteroatoms. The van der Waals surface area contributed by atoms with Gasteiger partial charge in [0, 0.05) is 6.42 Å². The Morgan fingerprint density at radius 2 is 1.54 bits per heavy atom. The van der Waals surface area contributed by atoms with E-state index in [1.165, 1.54) is 6.92 Å². The molecule has 26 heavy (non-hydrogen) atoms. The van der Waals surface area contributed by atoms with Crippen molar-refractivity contribution in [2.45, 2.75) is 51.7 Å². The van der Waals surface area contributed by atoms with E-state index in [2.05, 4.69) is 16.0 Å². The Morgan fingerprint density at radius 1 is 0.962 bits per heavy atom. The summed E-state index contributed by atoms with van der Waals surface area (Å²) < 4.78 is 0. The molecule has 0 fully saturated rings. The Balaban J connectivity index is 4.37. The first-order valence-corrected chi connectivity index (χ1v) is 8.03. The predicted molar refractivity (Wildman–Crippen MR) is 89.9 cm³/mol. The molecule has 0 radical (unpaired) electrons. The minimum atomic E-state index is -1.18. The minimum Gasteiger partial charge on any atom is -0.481 e. The number of nitrogens with one attached hydrogen (secondary N) is 3. The molecule has 0 aromatic rings. The van der Waals surface area contributed by atoms with Crippen LogP contribution in [0.2, 0.25) is 0 Å². The highest BCUT2D eigenvalue weighted by molar-refractivity contribution is 5.92. The van der Waals surface area contributed by atoms with Gasteiger partial charge in [0.1, 0.15) is 12.1 Å². The summed E-state index contributed by atoms with van der Waals surface area (Å²) in [6.45, 7) is 4.16. The number of nitrogens with two attached hydrogens (primary N) is 1. The third kappa shape index (κ3) is 8.97. The fourth-order valence-corrected chi connectivity index (χ4v) is 1.85. The second kappa shape index (κ2) is 11.0. The zero-order valence-corrected chi connectivity index (χ0v) is 14.9. The van der Waals surface area contributed by atoms with E-state index in [1.807, 2.05) is 0 Å². The maximum atomic E-state index is 11.9. The number of carboxylic acids is 2. The lowest BCUT2D eigenvalue weighted by Gasteiger charge is -2.19. The normalized spacial score (nSPS) is 14.0. The summed E-state index contributed by atoms with van der Waals surface area (Å²) in [6, 6.07) is -3.16. The summed E-state index contributed by atoms with van der Waals surface area (Å²) in [5, 5.41) is 24.4. The lowest BCUT2D eigenvalue weighted by atomic mass is 10.1. The van der Waals surface area contributed by atoms with Gasteiger partial charge in [-0.05, 0) is 19.3 Å². The molecule has 7 N–H and O–H groups in total. The number of carboxylic acid groups (broad SMARTS) is 2. The molecule has 0 aliphatic heterocycles. The van der Waals surface area contributed by atoms with Gasteiger partial charge in [-0.3, -0.25) is 19.2 Å². The predicted octanol–water partition coefficient (Wildman–Crippen LogP) is -1.98. The van der Waals surface area contributed by atoms with Gasteiger partial charge in [-0.15, -0.1) is 0 Å². The van der Waals surface area contributed by atoms with Gasteiger partial charge in [0.05, 0.1) is 12.6 Å². The Hall–Kier alpha value is -2.69. The van der Waals surface area contributed by atoms with Crippen molar-refractivity contribution in [2.75, 3.05) is 6.54 Å². The van der Waals surface area contributed by atoms with E-state index < -0.39 is 54.3 Å². The van der Waals surface area contributed by atoms with Crippen molar-refractivity contribution in [3.05, 3.63) is 0 Å². The first-order chi connectivity index (χ1) is 12.0. The van der Waals surface area contributed by atoms with E-state index in [-0.39, 0.29) is 18.8 Å². The third-order valence-corrected chi connectivity index (χ3v) is 3.43. The Kier molecular flexibility index (Phi) is 9.89. The molecule has 0 saturated heterocycles. The Morgan fingerprint density at radius 3 is 2.00 bits per heavy atom. The molecule has 0 aromatic carbocycles. The van der Waals surface area contributed by atoms with E-state index in [0.29, 0.717) is 0 Å². The average molecular weight is 374 g/mol. The largest absolute Gasteiger partial charge is 0.481 e. The van der Waals surface area contributed by atoms with Gasteiger partial charge in [0.2, 0.25) is 17.7 Å². The van der Waals surface area contributed by atoms with E-state index in [0.717, 1.165) is 0 Å². The number of aliphatic carboxylic acids is 2. The fraction of sp³-hybridized carbons (Fsp3) is 0.667. The van der Waals surface area contributed by atoms with Crippen LogP contribution < -0.4 is 21.7 Å². The summed E-state index contributed by atoms with van der Waals surface area (Å²) in [6.07, 6.45) is -0.361. The highest BCUT2D eigenvalue weighted by Gasteiger charge is 2.24. The van der Waals surface area contributed by atoms with Crippen molar-refractivity contribution < 1.29 is 34.2 Å². The van der Waals surface area contributed by atoms with Gasteiger partial charge in [-0.2, -0.15) is 0 Å². The number of amides is 3. The van der Waals surface area contributed by atoms with Crippen LogP contribution in [-0.4, -0.2) is 64.5 Å². The Labute approximate surface area is 150 Å². The maximum absolute atomic E-state index is 11.9. The topological polar surface area (TPSA) is 188 Å². The molecule has 0 saturated carbocycles. The van der Waals surface area contributed by atoms with Crippen LogP contribution >= 0.6 is 0 Å².